The Morgan fingerprint density at radius 1 is 0.783 bits per heavy atom. The number of hydrogen-bond donors (Lipinski definition) is 0. The van der Waals surface area contributed by atoms with E-state index in [-0.39, 0.29) is 0 Å². The van der Waals surface area contributed by atoms with Crippen LogP contribution in [0.15, 0.2) is 9.05 Å². The van der Waals surface area contributed by atoms with E-state index < -0.39 is 0 Å². The fourth-order valence-corrected chi connectivity index (χ4v) is 2.72. The fraction of sp³-hybridized carbons (Fsp3) is 0.733. The van der Waals surface area contributed by atoms with Crippen LogP contribution in [0.1, 0.15) is 43.7 Å². The highest BCUT2D eigenvalue weighted by molar-refractivity contribution is 4.88. The molecule has 3 rings (SSSR count). The van der Waals surface area contributed by atoms with E-state index in [0.29, 0.717) is 11.8 Å². The van der Waals surface area contributed by atoms with Gasteiger partial charge in [0, 0.05) is 25.9 Å². The molecule has 3 heterocycles. The number of nitrogens with zero attached hydrogens (tertiary/aromatic N) is 6. The zero-order valence-electron chi connectivity index (χ0n) is 13.9. The van der Waals surface area contributed by atoms with Gasteiger partial charge in [0.25, 0.3) is 0 Å². The molecule has 1 aliphatic rings. The molecule has 0 atom stereocenters. The van der Waals surface area contributed by atoms with E-state index in [1.807, 2.05) is 13.8 Å². The van der Waals surface area contributed by atoms with Crippen molar-refractivity contribution in [1.82, 2.24) is 30.1 Å². The smallest absolute Gasteiger partial charge is 0.240 e. The van der Waals surface area contributed by atoms with Crippen LogP contribution in [-0.4, -0.2) is 56.3 Å². The lowest BCUT2D eigenvalue weighted by Crippen LogP contribution is -2.30. The number of aryl methyl sites for hydroxylation is 2. The predicted molar refractivity (Wildman–Crippen MR) is 82.5 cm³/mol. The molecule has 8 heteroatoms. The van der Waals surface area contributed by atoms with Gasteiger partial charge < -0.3 is 9.05 Å². The minimum Gasteiger partial charge on any atom is -0.338 e. The summed E-state index contributed by atoms with van der Waals surface area (Å²) in [5.74, 6) is 2.97. The molecule has 0 radical (unpaired) electrons. The monoisotopic (exact) mass is 320 g/mol. The van der Waals surface area contributed by atoms with Gasteiger partial charge in [0.15, 0.2) is 11.6 Å². The van der Waals surface area contributed by atoms with Crippen molar-refractivity contribution in [1.29, 1.82) is 0 Å². The van der Waals surface area contributed by atoms with Crippen molar-refractivity contribution in [2.45, 2.75) is 46.2 Å². The summed E-state index contributed by atoms with van der Waals surface area (Å²) in [7, 11) is 0. The SMILES string of the molecule is CCc1noc(CN2CCCN(Cc3nc(CC)no3)CC2)n1. The van der Waals surface area contributed by atoms with Crippen molar-refractivity contribution in [3.63, 3.8) is 0 Å². The molecule has 0 bridgehead atoms. The van der Waals surface area contributed by atoms with Gasteiger partial charge in [0.1, 0.15) is 0 Å². The summed E-state index contributed by atoms with van der Waals surface area (Å²) >= 11 is 0. The highest BCUT2D eigenvalue weighted by Gasteiger charge is 2.19. The van der Waals surface area contributed by atoms with Crippen LogP contribution in [0.5, 0.6) is 0 Å². The third kappa shape index (κ3) is 4.35. The Kier molecular flexibility index (Phi) is 5.35. The van der Waals surface area contributed by atoms with Gasteiger partial charge in [-0.1, -0.05) is 24.2 Å². The first-order chi connectivity index (χ1) is 11.3. The van der Waals surface area contributed by atoms with Crippen molar-refractivity contribution < 1.29 is 9.05 Å². The summed E-state index contributed by atoms with van der Waals surface area (Å²) in [6.45, 7) is 9.51. The van der Waals surface area contributed by atoms with Gasteiger partial charge in [-0.2, -0.15) is 9.97 Å². The fourth-order valence-electron chi connectivity index (χ4n) is 2.72. The molecule has 0 unspecified atom stereocenters. The second kappa shape index (κ2) is 7.65. The Hall–Kier alpha value is -1.80. The molecule has 2 aromatic rings. The van der Waals surface area contributed by atoms with Crippen LogP contribution in [0, 0.1) is 0 Å². The maximum absolute atomic E-state index is 5.29. The summed E-state index contributed by atoms with van der Waals surface area (Å²) in [4.78, 5) is 13.5. The van der Waals surface area contributed by atoms with E-state index in [1.54, 1.807) is 0 Å². The lowest BCUT2D eigenvalue weighted by atomic mass is 10.3. The normalized spacial score (nSPS) is 17.5. The van der Waals surface area contributed by atoms with Gasteiger partial charge in [-0.25, -0.2) is 0 Å². The predicted octanol–water partition coefficient (Wildman–Crippen LogP) is 1.29. The molecule has 23 heavy (non-hydrogen) atoms. The molecule has 2 aromatic heterocycles. The van der Waals surface area contributed by atoms with Gasteiger partial charge in [-0.15, -0.1) is 0 Å². The summed E-state index contributed by atoms with van der Waals surface area (Å²) < 4.78 is 10.6. The minimum absolute atomic E-state index is 0.708. The number of hydrogen-bond acceptors (Lipinski definition) is 8. The first-order valence-electron chi connectivity index (χ1n) is 8.34. The molecule has 0 spiro atoms. The zero-order valence-corrected chi connectivity index (χ0v) is 13.9. The molecular weight excluding hydrogens is 296 g/mol. The molecule has 0 N–H and O–H groups in total. The molecule has 1 saturated heterocycles. The molecule has 0 amide bonds. The molecule has 126 valence electrons. The number of aromatic nitrogens is 4. The highest BCUT2D eigenvalue weighted by atomic mass is 16.5. The van der Waals surface area contributed by atoms with E-state index >= 15 is 0 Å². The Morgan fingerprint density at radius 2 is 1.26 bits per heavy atom. The molecule has 0 saturated carbocycles. The van der Waals surface area contributed by atoms with Gasteiger partial charge in [0.2, 0.25) is 11.8 Å². The average molecular weight is 320 g/mol. The lowest BCUT2D eigenvalue weighted by Gasteiger charge is -2.19. The molecule has 0 aliphatic carbocycles. The largest absolute Gasteiger partial charge is 0.338 e. The minimum atomic E-state index is 0.708. The second-order valence-electron chi connectivity index (χ2n) is 5.82. The number of rotatable bonds is 6. The Morgan fingerprint density at radius 3 is 1.65 bits per heavy atom. The quantitative estimate of drug-likeness (QED) is 0.787. The van der Waals surface area contributed by atoms with Crippen LogP contribution in [0.3, 0.4) is 0 Å². The van der Waals surface area contributed by atoms with Crippen LogP contribution in [0.2, 0.25) is 0 Å². The summed E-state index contributed by atoms with van der Waals surface area (Å²) in [5, 5.41) is 7.91. The Labute approximate surface area is 135 Å². The Bertz CT molecular complexity index is 558. The van der Waals surface area contributed by atoms with Gasteiger partial charge in [-0.05, 0) is 19.5 Å². The molecule has 1 fully saturated rings. The topological polar surface area (TPSA) is 84.3 Å². The van der Waals surface area contributed by atoms with E-state index in [4.69, 9.17) is 9.05 Å². The van der Waals surface area contributed by atoms with Gasteiger partial charge >= 0.3 is 0 Å². The third-order valence-electron chi connectivity index (χ3n) is 4.05. The van der Waals surface area contributed by atoms with Crippen molar-refractivity contribution >= 4 is 0 Å². The summed E-state index contributed by atoms with van der Waals surface area (Å²) in [6.07, 6.45) is 2.71. The van der Waals surface area contributed by atoms with Crippen LogP contribution < -0.4 is 0 Å². The van der Waals surface area contributed by atoms with E-state index in [9.17, 15) is 0 Å². The third-order valence-corrected chi connectivity index (χ3v) is 4.05. The maximum atomic E-state index is 5.29. The molecule has 0 aromatic carbocycles. The Balaban J connectivity index is 1.50. The van der Waals surface area contributed by atoms with Crippen molar-refractivity contribution in [3.8, 4) is 0 Å². The van der Waals surface area contributed by atoms with Crippen LogP contribution >= 0.6 is 0 Å². The van der Waals surface area contributed by atoms with E-state index in [2.05, 4.69) is 30.1 Å². The lowest BCUT2D eigenvalue weighted by molar-refractivity contribution is 0.209. The van der Waals surface area contributed by atoms with Crippen molar-refractivity contribution in [3.05, 3.63) is 23.4 Å². The molecule has 8 nitrogen and oxygen atoms in total. The standard InChI is InChI=1S/C15H24N6O2/c1-3-12-16-14(22-18-12)10-20-6-5-7-21(9-8-20)11-15-17-13(4-2)19-23-15/h3-11H2,1-2H3. The second-order valence-corrected chi connectivity index (χ2v) is 5.82. The summed E-state index contributed by atoms with van der Waals surface area (Å²) in [5.41, 5.74) is 0. The van der Waals surface area contributed by atoms with E-state index in [1.165, 1.54) is 0 Å². The van der Waals surface area contributed by atoms with Crippen LogP contribution in [0.4, 0.5) is 0 Å². The van der Waals surface area contributed by atoms with Crippen LogP contribution in [0.25, 0.3) is 0 Å². The first-order valence-corrected chi connectivity index (χ1v) is 8.34. The molecule has 1 aliphatic heterocycles. The molecular formula is C15H24N6O2. The van der Waals surface area contributed by atoms with Crippen molar-refractivity contribution in [2.24, 2.45) is 0 Å². The van der Waals surface area contributed by atoms with E-state index in [0.717, 1.165) is 70.2 Å². The zero-order chi connectivity index (χ0) is 16.1. The first kappa shape index (κ1) is 16.1. The maximum Gasteiger partial charge on any atom is 0.240 e. The summed E-state index contributed by atoms with van der Waals surface area (Å²) in [6, 6.07) is 0. The van der Waals surface area contributed by atoms with Gasteiger partial charge in [0.05, 0.1) is 13.1 Å². The van der Waals surface area contributed by atoms with Crippen molar-refractivity contribution in [2.75, 3.05) is 26.2 Å². The average Bonchev–Trinajstić information content (AvgIpc) is 3.15. The van der Waals surface area contributed by atoms with Gasteiger partial charge in [-0.3, -0.25) is 9.80 Å². The van der Waals surface area contributed by atoms with Crippen LogP contribution in [-0.2, 0) is 25.9 Å². The highest BCUT2D eigenvalue weighted by Crippen LogP contribution is 2.11.